The van der Waals surface area contributed by atoms with Crippen molar-refractivity contribution in [1.82, 2.24) is 15.1 Å². The number of thiophene rings is 1. The molecule has 0 saturated carbocycles. The summed E-state index contributed by atoms with van der Waals surface area (Å²) < 4.78 is 0. The van der Waals surface area contributed by atoms with E-state index in [9.17, 15) is 0 Å². The Morgan fingerprint density at radius 1 is 1.20 bits per heavy atom. The van der Waals surface area contributed by atoms with E-state index in [0.29, 0.717) is 0 Å². The topological polar surface area (TPSA) is 34.1 Å². The first-order chi connectivity index (χ1) is 11.8. The highest BCUT2D eigenvalue weighted by Gasteiger charge is 2.19. The SMILES string of the molecule is CCN(CC)CCCCNC(=NC)N1CCN(c2cccs2)CC1.I. The van der Waals surface area contributed by atoms with Gasteiger partial charge in [0, 0.05) is 39.8 Å². The van der Waals surface area contributed by atoms with Gasteiger partial charge in [0.1, 0.15) is 0 Å². The van der Waals surface area contributed by atoms with Crippen molar-refractivity contribution < 1.29 is 0 Å². The molecule has 1 N–H and O–H groups in total. The number of aliphatic imine (C=N–C) groups is 1. The quantitative estimate of drug-likeness (QED) is 0.269. The third-order valence-electron chi connectivity index (χ3n) is 4.69. The number of nitrogens with zero attached hydrogens (tertiary/aromatic N) is 4. The zero-order chi connectivity index (χ0) is 17.2. The fraction of sp³-hybridized carbons (Fsp3) is 0.722. The minimum Gasteiger partial charge on any atom is -0.360 e. The van der Waals surface area contributed by atoms with Crippen LogP contribution in [0.25, 0.3) is 0 Å². The molecule has 144 valence electrons. The molecular formula is C18H34IN5S. The third-order valence-corrected chi connectivity index (χ3v) is 5.62. The molecular weight excluding hydrogens is 445 g/mol. The number of halogens is 1. The summed E-state index contributed by atoms with van der Waals surface area (Å²) in [4.78, 5) is 11.8. The summed E-state index contributed by atoms with van der Waals surface area (Å²) in [6.45, 7) is 13.2. The first-order valence-electron chi connectivity index (χ1n) is 9.24. The van der Waals surface area contributed by atoms with Gasteiger partial charge in [-0.3, -0.25) is 4.99 Å². The average molecular weight is 479 g/mol. The molecule has 1 fully saturated rings. The number of piperazine rings is 1. The van der Waals surface area contributed by atoms with Crippen LogP contribution in [0.1, 0.15) is 26.7 Å². The Balaban J connectivity index is 0.00000312. The third kappa shape index (κ3) is 7.30. The largest absolute Gasteiger partial charge is 0.360 e. The average Bonchev–Trinajstić information content (AvgIpc) is 3.16. The molecule has 7 heteroatoms. The Morgan fingerprint density at radius 2 is 1.92 bits per heavy atom. The molecule has 1 aromatic rings. The molecule has 0 aliphatic carbocycles. The molecule has 0 spiro atoms. The maximum Gasteiger partial charge on any atom is 0.193 e. The molecule has 1 aromatic heterocycles. The monoisotopic (exact) mass is 479 g/mol. The van der Waals surface area contributed by atoms with E-state index in [1.54, 1.807) is 0 Å². The molecule has 5 nitrogen and oxygen atoms in total. The Hall–Kier alpha value is -0.540. The molecule has 0 bridgehead atoms. The van der Waals surface area contributed by atoms with Crippen molar-refractivity contribution in [3.05, 3.63) is 17.5 Å². The van der Waals surface area contributed by atoms with Crippen LogP contribution in [0.5, 0.6) is 0 Å². The Kier molecular flexibility index (Phi) is 11.5. The van der Waals surface area contributed by atoms with Crippen molar-refractivity contribution in [2.75, 3.05) is 64.3 Å². The summed E-state index contributed by atoms with van der Waals surface area (Å²) in [7, 11) is 1.89. The first-order valence-corrected chi connectivity index (χ1v) is 10.1. The Bertz CT molecular complexity index is 468. The van der Waals surface area contributed by atoms with Crippen molar-refractivity contribution in [1.29, 1.82) is 0 Å². The van der Waals surface area contributed by atoms with Gasteiger partial charge in [0.05, 0.1) is 5.00 Å². The first kappa shape index (κ1) is 22.5. The predicted molar refractivity (Wildman–Crippen MR) is 122 cm³/mol. The lowest BCUT2D eigenvalue weighted by molar-refractivity contribution is 0.296. The smallest absolute Gasteiger partial charge is 0.193 e. The van der Waals surface area contributed by atoms with E-state index in [-0.39, 0.29) is 24.0 Å². The second-order valence-corrected chi connectivity index (χ2v) is 7.06. The van der Waals surface area contributed by atoms with Crippen molar-refractivity contribution in [2.45, 2.75) is 26.7 Å². The number of guanidine groups is 1. The summed E-state index contributed by atoms with van der Waals surface area (Å²) in [6.07, 6.45) is 2.45. The van der Waals surface area contributed by atoms with E-state index < -0.39 is 0 Å². The van der Waals surface area contributed by atoms with Crippen LogP contribution >= 0.6 is 35.3 Å². The summed E-state index contributed by atoms with van der Waals surface area (Å²) in [5.41, 5.74) is 0. The Morgan fingerprint density at radius 3 is 2.48 bits per heavy atom. The number of unbranched alkanes of at least 4 members (excludes halogenated alkanes) is 1. The van der Waals surface area contributed by atoms with Crippen LogP contribution in [0, 0.1) is 0 Å². The number of rotatable bonds is 8. The second kappa shape index (κ2) is 12.8. The lowest BCUT2D eigenvalue weighted by atomic mass is 10.3. The van der Waals surface area contributed by atoms with Gasteiger partial charge in [-0.15, -0.1) is 35.3 Å². The molecule has 2 rings (SSSR count). The van der Waals surface area contributed by atoms with Crippen LogP contribution in [0.2, 0.25) is 0 Å². The Labute approximate surface area is 174 Å². The number of anilines is 1. The standard InChI is InChI=1S/C18H33N5S.HI/c1-4-21(5-2)11-7-6-10-20-18(19-3)23-14-12-22(13-15-23)17-9-8-16-24-17;/h8-9,16H,4-7,10-15H2,1-3H3,(H,19,20);1H. The van der Waals surface area contributed by atoms with Gasteiger partial charge in [-0.2, -0.15) is 0 Å². The minimum atomic E-state index is 0. The van der Waals surface area contributed by atoms with E-state index in [1.165, 1.54) is 24.4 Å². The zero-order valence-corrected chi connectivity index (χ0v) is 19.1. The second-order valence-electron chi connectivity index (χ2n) is 6.13. The molecule has 0 aromatic carbocycles. The summed E-state index contributed by atoms with van der Waals surface area (Å²) in [6, 6.07) is 4.34. The van der Waals surface area contributed by atoms with E-state index in [0.717, 1.165) is 51.8 Å². The normalized spacial score (nSPS) is 15.4. The van der Waals surface area contributed by atoms with Gasteiger partial charge in [-0.1, -0.05) is 13.8 Å². The molecule has 0 atom stereocenters. The maximum atomic E-state index is 4.47. The molecule has 0 radical (unpaired) electrons. The number of hydrogen-bond donors (Lipinski definition) is 1. The highest BCUT2D eigenvalue weighted by Crippen LogP contribution is 2.22. The van der Waals surface area contributed by atoms with Gasteiger partial charge in [-0.05, 0) is 50.0 Å². The van der Waals surface area contributed by atoms with Crippen molar-refractivity contribution in [2.24, 2.45) is 4.99 Å². The van der Waals surface area contributed by atoms with Crippen LogP contribution in [0.15, 0.2) is 22.5 Å². The molecule has 1 aliphatic heterocycles. The minimum absolute atomic E-state index is 0. The predicted octanol–water partition coefficient (Wildman–Crippen LogP) is 3.19. The van der Waals surface area contributed by atoms with Gasteiger partial charge in [-0.25, -0.2) is 0 Å². The van der Waals surface area contributed by atoms with E-state index in [1.807, 2.05) is 18.4 Å². The van der Waals surface area contributed by atoms with Gasteiger partial charge >= 0.3 is 0 Å². The lowest BCUT2D eigenvalue weighted by Crippen LogP contribution is -2.52. The molecule has 0 unspecified atom stereocenters. The summed E-state index contributed by atoms with van der Waals surface area (Å²) in [5, 5.41) is 7.08. The highest BCUT2D eigenvalue weighted by atomic mass is 127. The van der Waals surface area contributed by atoms with Crippen molar-refractivity contribution in [3.8, 4) is 0 Å². The van der Waals surface area contributed by atoms with E-state index in [4.69, 9.17) is 0 Å². The van der Waals surface area contributed by atoms with E-state index in [2.05, 4.69) is 56.4 Å². The number of hydrogen-bond acceptors (Lipinski definition) is 4. The summed E-state index contributed by atoms with van der Waals surface area (Å²) >= 11 is 1.83. The molecule has 1 aliphatic rings. The van der Waals surface area contributed by atoms with E-state index >= 15 is 0 Å². The molecule has 1 saturated heterocycles. The van der Waals surface area contributed by atoms with Crippen molar-refractivity contribution in [3.63, 3.8) is 0 Å². The van der Waals surface area contributed by atoms with Gasteiger partial charge in [0.2, 0.25) is 0 Å². The lowest BCUT2D eigenvalue weighted by Gasteiger charge is -2.37. The molecule has 25 heavy (non-hydrogen) atoms. The van der Waals surface area contributed by atoms with Gasteiger partial charge in [0.15, 0.2) is 5.96 Å². The fourth-order valence-corrected chi connectivity index (χ4v) is 3.91. The van der Waals surface area contributed by atoms with Crippen LogP contribution < -0.4 is 10.2 Å². The molecule has 0 amide bonds. The van der Waals surface area contributed by atoms with Crippen LogP contribution in [-0.2, 0) is 0 Å². The van der Waals surface area contributed by atoms with Crippen molar-refractivity contribution >= 4 is 46.3 Å². The van der Waals surface area contributed by atoms with Gasteiger partial charge in [0.25, 0.3) is 0 Å². The van der Waals surface area contributed by atoms with Crippen LogP contribution in [-0.4, -0.2) is 75.2 Å². The highest BCUT2D eigenvalue weighted by molar-refractivity contribution is 14.0. The van der Waals surface area contributed by atoms with Gasteiger partial charge < -0.3 is 20.0 Å². The van der Waals surface area contributed by atoms with Crippen LogP contribution in [0.3, 0.4) is 0 Å². The summed E-state index contributed by atoms with van der Waals surface area (Å²) in [5.74, 6) is 1.06. The number of nitrogens with one attached hydrogen (secondary N) is 1. The van der Waals surface area contributed by atoms with Crippen LogP contribution in [0.4, 0.5) is 5.00 Å². The maximum absolute atomic E-state index is 4.47. The zero-order valence-electron chi connectivity index (χ0n) is 15.9. The fourth-order valence-electron chi connectivity index (χ4n) is 3.12. The molecule has 2 heterocycles.